The Hall–Kier alpha value is -1.95. The SMILES string of the molecule is COc1ccc(C2(CNC(=O)NCCN(C)C)CC2)cc1OC. The lowest BCUT2D eigenvalue weighted by Crippen LogP contribution is -2.42. The summed E-state index contributed by atoms with van der Waals surface area (Å²) in [6.07, 6.45) is 2.14. The summed E-state index contributed by atoms with van der Waals surface area (Å²) >= 11 is 0. The molecular weight excluding hydrogens is 294 g/mol. The number of urea groups is 1. The molecule has 6 heteroatoms. The van der Waals surface area contributed by atoms with E-state index in [-0.39, 0.29) is 11.4 Å². The van der Waals surface area contributed by atoms with Gasteiger partial charge in [-0.25, -0.2) is 4.79 Å². The largest absolute Gasteiger partial charge is 0.493 e. The van der Waals surface area contributed by atoms with Gasteiger partial charge in [-0.1, -0.05) is 6.07 Å². The number of carbonyl (C=O) groups is 1. The predicted octanol–water partition coefficient (Wildman–Crippen LogP) is 1.60. The summed E-state index contributed by atoms with van der Waals surface area (Å²) in [6, 6.07) is 5.88. The molecule has 1 aliphatic rings. The summed E-state index contributed by atoms with van der Waals surface area (Å²) in [5.74, 6) is 1.45. The maximum Gasteiger partial charge on any atom is 0.314 e. The topological polar surface area (TPSA) is 62.8 Å². The minimum absolute atomic E-state index is 0.0262. The Balaban J connectivity index is 1.91. The number of methoxy groups -OCH3 is 2. The van der Waals surface area contributed by atoms with Gasteiger partial charge < -0.3 is 25.0 Å². The van der Waals surface area contributed by atoms with Crippen molar-refractivity contribution in [2.24, 2.45) is 0 Å². The van der Waals surface area contributed by atoms with Gasteiger partial charge in [0.1, 0.15) is 0 Å². The third-order valence-corrected chi connectivity index (χ3v) is 4.28. The Morgan fingerprint density at radius 3 is 2.43 bits per heavy atom. The first-order valence-electron chi connectivity index (χ1n) is 7.90. The van der Waals surface area contributed by atoms with Crippen LogP contribution in [0.5, 0.6) is 11.5 Å². The molecule has 1 aliphatic carbocycles. The summed E-state index contributed by atoms with van der Waals surface area (Å²) in [6.45, 7) is 2.10. The van der Waals surface area contributed by atoms with E-state index >= 15 is 0 Å². The number of likely N-dealkylation sites (N-methyl/N-ethyl adjacent to an activating group) is 1. The summed E-state index contributed by atoms with van der Waals surface area (Å²) < 4.78 is 10.6. The van der Waals surface area contributed by atoms with Crippen LogP contribution >= 0.6 is 0 Å². The van der Waals surface area contributed by atoms with Gasteiger partial charge in [-0.05, 0) is 44.6 Å². The van der Waals surface area contributed by atoms with E-state index in [2.05, 4.69) is 16.7 Å². The minimum Gasteiger partial charge on any atom is -0.493 e. The number of hydrogen-bond acceptors (Lipinski definition) is 4. The van der Waals surface area contributed by atoms with Crippen LogP contribution in [0.4, 0.5) is 4.79 Å². The van der Waals surface area contributed by atoms with Crippen LogP contribution in [0.3, 0.4) is 0 Å². The van der Waals surface area contributed by atoms with Crippen molar-refractivity contribution in [2.75, 3.05) is 47.9 Å². The van der Waals surface area contributed by atoms with Gasteiger partial charge in [0, 0.05) is 25.0 Å². The van der Waals surface area contributed by atoms with E-state index in [9.17, 15) is 4.79 Å². The zero-order valence-corrected chi connectivity index (χ0v) is 14.4. The molecule has 0 radical (unpaired) electrons. The lowest BCUT2D eigenvalue weighted by Gasteiger charge is -2.19. The molecule has 23 heavy (non-hydrogen) atoms. The molecule has 1 fully saturated rings. The summed E-state index contributed by atoms with van der Waals surface area (Å²) in [7, 11) is 7.23. The molecule has 0 aromatic heterocycles. The fraction of sp³-hybridized carbons (Fsp3) is 0.588. The molecule has 2 N–H and O–H groups in total. The van der Waals surface area contributed by atoms with Gasteiger partial charge in [0.05, 0.1) is 14.2 Å². The van der Waals surface area contributed by atoms with E-state index in [1.54, 1.807) is 14.2 Å². The number of amides is 2. The maximum absolute atomic E-state index is 11.9. The maximum atomic E-state index is 11.9. The normalized spacial score (nSPS) is 15.2. The second kappa shape index (κ2) is 7.55. The van der Waals surface area contributed by atoms with Gasteiger partial charge in [-0.15, -0.1) is 0 Å². The van der Waals surface area contributed by atoms with Gasteiger partial charge in [0.25, 0.3) is 0 Å². The first-order chi connectivity index (χ1) is 11.0. The van der Waals surface area contributed by atoms with Crippen molar-refractivity contribution < 1.29 is 14.3 Å². The van der Waals surface area contributed by atoms with Crippen molar-refractivity contribution >= 4 is 6.03 Å². The summed E-state index contributed by atoms with van der Waals surface area (Å²) in [5.41, 5.74) is 1.21. The smallest absolute Gasteiger partial charge is 0.314 e. The van der Waals surface area contributed by atoms with E-state index < -0.39 is 0 Å². The van der Waals surface area contributed by atoms with Crippen LogP contribution in [0.2, 0.25) is 0 Å². The molecule has 6 nitrogen and oxygen atoms in total. The standard InChI is InChI=1S/C17H27N3O3/c1-20(2)10-9-18-16(21)19-12-17(7-8-17)13-5-6-14(22-3)15(11-13)23-4/h5-6,11H,7-10,12H2,1-4H3,(H2,18,19,21). The first kappa shape index (κ1) is 17.4. The molecule has 2 rings (SSSR count). The highest BCUT2D eigenvalue weighted by atomic mass is 16.5. The predicted molar refractivity (Wildman–Crippen MR) is 90.4 cm³/mol. The Morgan fingerprint density at radius 1 is 1.17 bits per heavy atom. The van der Waals surface area contributed by atoms with E-state index in [1.807, 2.05) is 31.1 Å². The van der Waals surface area contributed by atoms with Crippen molar-refractivity contribution in [1.82, 2.24) is 15.5 Å². The summed E-state index contributed by atoms with van der Waals surface area (Å²) in [5, 5.41) is 5.85. The molecule has 2 amide bonds. The van der Waals surface area contributed by atoms with Gasteiger partial charge in [-0.2, -0.15) is 0 Å². The minimum atomic E-state index is -0.112. The molecule has 0 heterocycles. The number of nitrogens with zero attached hydrogens (tertiary/aromatic N) is 1. The third kappa shape index (κ3) is 4.51. The number of carbonyl (C=O) groups excluding carboxylic acids is 1. The fourth-order valence-electron chi connectivity index (χ4n) is 2.59. The van der Waals surface area contributed by atoms with Crippen LogP contribution in [0.1, 0.15) is 18.4 Å². The Labute approximate surface area is 138 Å². The number of rotatable bonds is 8. The number of hydrogen-bond donors (Lipinski definition) is 2. The van der Waals surface area contributed by atoms with E-state index in [0.717, 1.165) is 30.9 Å². The van der Waals surface area contributed by atoms with E-state index in [4.69, 9.17) is 9.47 Å². The van der Waals surface area contributed by atoms with Crippen molar-refractivity contribution in [3.8, 4) is 11.5 Å². The van der Waals surface area contributed by atoms with Crippen molar-refractivity contribution in [2.45, 2.75) is 18.3 Å². The van der Waals surface area contributed by atoms with E-state index in [1.165, 1.54) is 5.56 Å². The zero-order valence-electron chi connectivity index (χ0n) is 14.4. The van der Waals surface area contributed by atoms with E-state index in [0.29, 0.717) is 13.1 Å². The molecule has 128 valence electrons. The Bertz CT molecular complexity index is 542. The monoisotopic (exact) mass is 321 g/mol. The molecule has 1 aromatic rings. The first-order valence-corrected chi connectivity index (χ1v) is 7.90. The highest BCUT2D eigenvalue weighted by Gasteiger charge is 2.44. The van der Waals surface area contributed by atoms with Crippen LogP contribution in [0.15, 0.2) is 18.2 Å². The molecule has 0 bridgehead atoms. The Morgan fingerprint density at radius 2 is 1.87 bits per heavy atom. The van der Waals surface area contributed by atoms with Gasteiger partial charge in [0.2, 0.25) is 0 Å². The molecule has 0 atom stereocenters. The van der Waals surface area contributed by atoms with Crippen molar-refractivity contribution in [3.05, 3.63) is 23.8 Å². The fourth-order valence-corrected chi connectivity index (χ4v) is 2.59. The second-order valence-electron chi connectivity index (χ2n) is 6.26. The number of ether oxygens (including phenoxy) is 2. The Kier molecular flexibility index (Phi) is 5.71. The lowest BCUT2D eigenvalue weighted by molar-refractivity contribution is 0.238. The molecule has 0 aliphatic heterocycles. The average molecular weight is 321 g/mol. The number of benzene rings is 1. The lowest BCUT2D eigenvalue weighted by atomic mass is 9.95. The third-order valence-electron chi connectivity index (χ3n) is 4.28. The van der Waals surface area contributed by atoms with Crippen LogP contribution < -0.4 is 20.1 Å². The molecule has 0 saturated heterocycles. The molecule has 1 aromatic carbocycles. The average Bonchev–Trinajstić information content (AvgIpc) is 3.33. The quantitative estimate of drug-likeness (QED) is 0.763. The second-order valence-corrected chi connectivity index (χ2v) is 6.26. The molecule has 0 spiro atoms. The van der Waals surface area contributed by atoms with Crippen LogP contribution in [-0.2, 0) is 5.41 Å². The van der Waals surface area contributed by atoms with Crippen LogP contribution in [0, 0.1) is 0 Å². The molecular formula is C17H27N3O3. The highest BCUT2D eigenvalue weighted by molar-refractivity contribution is 5.74. The van der Waals surface area contributed by atoms with Crippen LogP contribution in [0.25, 0.3) is 0 Å². The molecule has 1 saturated carbocycles. The van der Waals surface area contributed by atoms with Gasteiger partial charge in [-0.3, -0.25) is 0 Å². The number of nitrogens with one attached hydrogen (secondary N) is 2. The van der Waals surface area contributed by atoms with Gasteiger partial charge >= 0.3 is 6.03 Å². The summed E-state index contributed by atoms with van der Waals surface area (Å²) in [4.78, 5) is 13.9. The highest BCUT2D eigenvalue weighted by Crippen LogP contribution is 2.49. The van der Waals surface area contributed by atoms with Crippen molar-refractivity contribution in [3.63, 3.8) is 0 Å². The van der Waals surface area contributed by atoms with Crippen molar-refractivity contribution in [1.29, 1.82) is 0 Å². The zero-order chi connectivity index (χ0) is 16.9. The van der Waals surface area contributed by atoms with Gasteiger partial charge in [0.15, 0.2) is 11.5 Å². The van der Waals surface area contributed by atoms with Crippen LogP contribution in [-0.4, -0.2) is 58.9 Å². The molecule has 0 unspecified atom stereocenters.